The molecule has 1 aliphatic heterocycles. The van der Waals surface area contributed by atoms with Gasteiger partial charge in [-0.25, -0.2) is 4.79 Å². The molecule has 1 heterocycles. The Balaban J connectivity index is 1.90. The Morgan fingerprint density at radius 1 is 1.00 bits per heavy atom. The number of aliphatic hydroxyl groups excluding tert-OH is 1. The van der Waals surface area contributed by atoms with Crippen LogP contribution >= 0.6 is 0 Å². The molecule has 0 bridgehead atoms. The van der Waals surface area contributed by atoms with Gasteiger partial charge in [-0.3, -0.25) is 24.6 Å². The molecule has 188 valence electrons. The molecule has 0 spiro atoms. The van der Waals surface area contributed by atoms with Crippen LogP contribution in [0.2, 0.25) is 0 Å². The predicted octanol–water partition coefficient (Wildman–Crippen LogP) is 4.07. The smallest absolute Gasteiger partial charge is 0.337 e. The third kappa shape index (κ3) is 4.64. The maximum atomic E-state index is 13.3. The summed E-state index contributed by atoms with van der Waals surface area (Å²) in [5.74, 6) is -2.92. The molecule has 0 aromatic heterocycles. The van der Waals surface area contributed by atoms with Gasteiger partial charge in [0.2, 0.25) is 0 Å². The summed E-state index contributed by atoms with van der Waals surface area (Å²) in [6.07, 6.45) is 0. The van der Waals surface area contributed by atoms with Crippen LogP contribution in [0.5, 0.6) is 0 Å². The van der Waals surface area contributed by atoms with E-state index in [1.807, 2.05) is 31.1 Å². The number of carbonyl (C=O) groups excluding carboxylic acids is 3. The molecule has 0 aliphatic carbocycles. The van der Waals surface area contributed by atoms with Gasteiger partial charge in [-0.2, -0.15) is 0 Å². The van der Waals surface area contributed by atoms with E-state index < -0.39 is 34.4 Å². The zero-order valence-electron chi connectivity index (χ0n) is 20.2. The topological polar surface area (TPSA) is 130 Å². The van der Waals surface area contributed by atoms with Gasteiger partial charge < -0.3 is 14.7 Å². The molecule has 0 saturated carbocycles. The molecule has 4 rings (SSSR count). The SMILES string of the molecule is COC(=O)c1ccc(N2C(=O)C(=O)/C(=C(\O)c3cccc([N+](=O)[O-])c3)C2c2ccc(N(C)C)cc2)cc1. The summed E-state index contributed by atoms with van der Waals surface area (Å²) < 4.78 is 4.72. The number of esters is 1. The van der Waals surface area contributed by atoms with E-state index >= 15 is 0 Å². The number of ether oxygens (including phenoxy) is 1. The highest BCUT2D eigenvalue weighted by Gasteiger charge is 2.47. The number of anilines is 2. The number of aliphatic hydroxyl groups is 1. The summed E-state index contributed by atoms with van der Waals surface area (Å²) in [6, 6.07) is 17.2. The number of amides is 1. The molecule has 1 aliphatic rings. The van der Waals surface area contributed by atoms with Gasteiger partial charge in [0.1, 0.15) is 5.76 Å². The molecular weight excluding hydrogens is 478 g/mol. The minimum Gasteiger partial charge on any atom is -0.507 e. The minimum absolute atomic E-state index is 0.0307. The number of carbonyl (C=O) groups is 3. The zero-order valence-corrected chi connectivity index (χ0v) is 20.2. The Bertz CT molecular complexity index is 1430. The normalized spacial score (nSPS) is 16.5. The van der Waals surface area contributed by atoms with Gasteiger partial charge in [-0.1, -0.05) is 24.3 Å². The van der Waals surface area contributed by atoms with Gasteiger partial charge in [0.05, 0.1) is 29.2 Å². The molecule has 10 nitrogen and oxygen atoms in total. The average Bonchev–Trinajstić information content (AvgIpc) is 3.18. The summed E-state index contributed by atoms with van der Waals surface area (Å²) >= 11 is 0. The second kappa shape index (κ2) is 9.94. The van der Waals surface area contributed by atoms with E-state index in [1.54, 1.807) is 12.1 Å². The molecule has 1 N–H and O–H groups in total. The van der Waals surface area contributed by atoms with E-state index in [0.717, 1.165) is 11.8 Å². The van der Waals surface area contributed by atoms with Crippen molar-refractivity contribution >= 4 is 40.5 Å². The van der Waals surface area contributed by atoms with Crippen LogP contribution in [-0.4, -0.2) is 48.9 Å². The Labute approximate surface area is 212 Å². The molecule has 10 heteroatoms. The Hall–Kier alpha value is -4.99. The number of ketones is 1. The average molecular weight is 501 g/mol. The van der Waals surface area contributed by atoms with Crippen molar-refractivity contribution in [2.75, 3.05) is 31.0 Å². The number of non-ortho nitro benzene ring substituents is 1. The second-order valence-corrected chi connectivity index (χ2v) is 8.50. The van der Waals surface area contributed by atoms with E-state index in [2.05, 4.69) is 0 Å². The number of hydrogen-bond donors (Lipinski definition) is 1. The Kier molecular flexibility index (Phi) is 6.75. The summed E-state index contributed by atoms with van der Waals surface area (Å²) in [5.41, 5.74) is 1.53. The Morgan fingerprint density at radius 3 is 2.22 bits per heavy atom. The number of Topliss-reactive ketones (excluding diaryl/α,β-unsaturated/α-hetero) is 1. The lowest BCUT2D eigenvalue weighted by Gasteiger charge is -2.26. The van der Waals surface area contributed by atoms with Crippen LogP contribution in [0.15, 0.2) is 78.4 Å². The second-order valence-electron chi connectivity index (χ2n) is 8.50. The van der Waals surface area contributed by atoms with Crippen molar-refractivity contribution in [2.24, 2.45) is 0 Å². The van der Waals surface area contributed by atoms with Crippen molar-refractivity contribution in [3.8, 4) is 0 Å². The number of nitro benzene ring substituents is 1. The monoisotopic (exact) mass is 501 g/mol. The van der Waals surface area contributed by atoms with Gasteiger partial charge in [0, 0.05) is 43.2 Å². The van der Waals surface area contributed by atoms with Crippen molar-refractivity contribution in [1.82, 2.24) is 0 Å². The summed E-state index contributed by atoms with van der Waals surface area (Å²) in [4.78, 5) is 52.2. The maximum absolute atomic E-state index is 13.3. The van der Waals surface area contributed by atoms with Crippen LogP contribution in [0.4, 0.5) is 17.1 Å². The number of methoxy groups -OCH3 is 1. The van der Waals surface area contributed by atoms with Crippen molar-refractivity contribution < 1.29 is 29.2 Å². The number of nitrogens with zero attached hydrogens (tertiary/aromatic N) is 3. The molecule has 3 aromatic carbocycles. The molecular formula is C27H23N3O7. The summed E-state index contributed by atoms with van der Waals surface area (Å²) in [5, 5.41) is 22.5. The fraction of sp³-hybridized carbons (Fsp3) is 0.148. The number of benzene rings is 3. The summed E-state index contributed by atoms with van der Waals surface area (Å²) in [6.45, 7) is 0. The lowest BCUT2D eigenvalue weighted by molar-refractivity contribution is -0.384. The van der Waals surface area contributed by atoms with E-state index in [1.165, 1.54) is 54.5 Å². The van der Waals surface area contributed by atoms with Gasteiger partial charge >= 0.3 is 5.97 Å². The standard InChI is InChI=1S/C27H23N3O7/c1-28(2)19-11-7-16(8-12-19)23-22(24(31)18-5-4-6-21(15-18)30(35)36)25(32)26(33)29(23)20-13-9-17(10-14-20)27(34)37-3/h4-15,23,31H,1-3H3/b24-22-. The van der Waals surface area contributed by atoms with Gasteiger partial charge in [-0.05, 0) is 42.0 Å². The molecule has 37 heavy (non-hydrogen) atoms. The number of hydrogen-bond acceptors (Lipinski definition) is 8. The van der Waals surface area contributed by atoms with Gasteiger partial charge in [0.15, 0.2) is 0 Å². The van der Waals surface area contributed by atoms with Crippen LogP contribution in [0.3, 0.4) is 0 Å². The van der Waals surface area contributed by atoms with Crippen molar-refractivity contribution in [3.05, 3.63) is 105 Å². The van der Waals surface area contributed by atoms with Crippen LogP contribution in [0, 0.1) is 10.1 Å². The quantitative estimate of drug-likeness (QED) is 0.134. The van der Waals surface area contributed by atoms with E-state index in [9.17, 15) is 29.6 Å². The van der Waals surface area contributed by atoms with E-state index in [4.69, 9.17) is 4.74 Å². The lowest BCUT2D eigenvalue weighted by atomic mass is 9.94. The highest BCUT2D eigenvalue weighted by Crippen LogP contribution is 2.42. The van der Waals surface area contributed by atoms with Crippen LogP contribution in [0.25, 0.3) is 5.76 Å². The van der Waals surface area contributed by atoms with E-state index in [0.29, 0.717) is 11.3 Å². The van der Waals surface area contributed by atoms with Crippen molar-refractivity contribution in [2.45, 2.75) is 6.04 Å². The fourth-order valence-electron chi connectivity index (χ4n) is 4.17. The molecule has 0 radical (unpaired) electrons. The number of rotatable bonds is 6. The van der Waals surface area contributed by atoms with Crippen LogP contribution < -0.4 is 9.80 Å². The van der Waals surface area contributed by atoms with Crippen LogP contribution in [0.1, 0.15) is 27.5 Å². The first kappa shape index (κ1) is 25.1. The highest BCUT2D eigenvalue weighted by atomic mass is 16.6. The maximum Gasteiger partial charge on any atom is 0.337 e. The highest BCUT2D eigenvalue weighted by molar-refractivity contribution is 6.51. The largest absolute Gasteiger partial charge is 0.507 e. The molecule has 1 atom stereocenters. The predicted molar refractivity (Wildman–Crippen MR) is 136 cm³/mol. The van der Waals surface area contributed by atoms with Crippen LogP contribution in [-0.2, 0) is 14.3 Å². The first-order chi connectivity index (χ1) is 17.6. The molecule has 1 unspecified atom stereocenters. The van der Waals surface area contributed by atoms with Crippen molar-refractivity contribution in [3.63, 3.8) is 0 Å². The number of nitro groups is 1. The minimum atomic E-state index is -1.03. The zero-order chi connectivity index (χ0) is 26.9. The van der Waals surface area contributed by atoms with Gasteiger partial charge in [0.25, 0.3) is 17.4 Å². The summed E-state index contributed by atoms with van der Waals surface area (Å²) in [7, 11) is 4.98. The first-order valence-corrected chi connectivity index (χ1v) is 11.2. The molecule has 3 aromatic rings. The molecule has 1 saturated heterocycles. The van der Waals surface area contributed by atoms with Gasteiger partial charge in [-0.15, -0.1) is 0 Å². The van der Waals surface area contributed by atoms with Crippen molar-refractivity contribution in [1.29, 1.82) is 0 Å². The first-order valence-electron chi connectivity index (χ1n) is 11.2. The lowest BCUT2D eigenvalue weighted by Crippen LogP contribution is -2.29. The fourth-order valence-corrected chi connectivity index (χ4v) is 4.17. The third-order valence-electron chi connectivity index (χ3n) is 6.07. The van der Waals surface area contributed by atoms with E-state index in [-0.39, 0.29) is 22.4 Å². The molecule has 1 fully saturated rings. The Morgan fingerprint density at radius 2 is 1.65 bits per heavy atom. The third-order valence-corrected chi connectivity index (χ3v) is 6.07. The molecule has 1 amide bonds.